The maximum absolute atomic E-state index is 11.4. The first kappa shape index (κ1) is 12.6. The molecule has 2 amide bonds. The zero-order valence-corrected chi connectivity index (χ0v) is 10.2. The molecule has 5 heteroatoms. The van der Waals surface area contributed by atoms with Gasteiger partial charge in [-0.3, -0.25) is 0 Å². The number of aromatic nitrogens is 1. The zero-order valence-electron chi connectivity index (χ0n) is 9.41. The molecule has 1 aromatic rings. The van der Waals surface area contributed by atoms with Crippen LogP contribution in [0, 0.1) is 0 Å². The molecule has 0 fully saturated rings. The highest BCUT2D eigenvalue weighted by Gasteiger charge is 2.01. The summed E-state index contributed by atoms with van der Waals surface area (Å²) in [5.74, 6) is 0. The van der Waals surface area contributed by atoms with E-state index in [1.165, 1.54) is 11.8 Å². The van der Waals surface area contributed by atoms with Gasteiger partial charge >= 0.3 is 6.03 Å². The summed E-state index contributed by atoms with van der Waals surface area (Å²) in [6.45, 7) is 6.04. The van der Waals surface area contributed by atoms with Gasteiger partial charge < -0.3 is 10.6 Å². The van der Waals surface area contributed by atoms with Crippen molar-refractivity contribution in [2.75, 3.05) is 18.1 Å². The number of anilines is 1. The van der Waals surface area contributed by atoms with Gasteiger partial charge in [0.2, 0.25) is 0 Å². The van der Waals surface area contributed by atoms with Crippen LogP contribution in [0.25, 0.3) is 0 Å². The molecule has 0 aliphatic heterocycles. The van der Waals surface area contributed by atoms with E-state index in [2.05, 4.69) is 22.2 Å². The number of thioether (sulfide) groups is 1. The molecule has 1 aromatic heterocycles. The van der Waals surface area contributed by atoms with Crippen LogP contribution in [0.3, 0.4) is 0 Å². The average Bonchev–Trinajstić information content (AvgIpc) is 2.26. The molecule has 0 saturated carbocycles. The van der Waals surface area contributed by atoms with Crippen LogP contribution in [-0.2, 0) is 0 Å². The molecule has 0 aliphatic rings. The van der Waals surface area contributed by atoms with Crippen LogP contribution in [0.2, 0.25) is 0 Å². The molecule has 0 spiro atoms. The molecule has 0 atom stereocenters. The Kier molecular flexibility index (Phi) is 4.85. The van der Waals surface area contributed by atoms with E-state index >= 15 is 0 Å². The Bertz CT molecular complexity index is 393. The summed E-state index contributed by atoms with van der Waals surface area (Å²) >= 11 is 1.53. The van der Waals surface area contributed by atoms with Crippen molar-refractivity contribution in [2.45, 2.75) is 11.9 Å². The lowest BCUT2D eigenvalue weighted by molar-refractivity contribution is 0.253. The number of carbonyl (C=O) groups is 1. The summed E-state index contributed by atoms with van der Waals surface area (Å²) in [5.41, 5.74) is 1.65. The number of amides is 2. The second-order valence-electron chi connectivity index (χ2n) is 3.35. The molecule has 0 aromatic carbocycles. The number of carbonyl (C=O) groups excluding carboxylic acids is 1. The van der Waals surface area contributed by atoms with Gasteiger partial charge in [0.05, 0.1) is 5.03 Å². The van der Waals surface area contributed by atoms with Crippen molar-refractivity contribution < 1.29 is 4.79 Å². The van der Waals surface area contributed by atoms with Gasteiger partial charge in [-0.25, -0.2) is 9.78 Å². The molecular formula is C11H15N3OS. The minimum absolute atomic E-state index is 0.235. The number of hydrogen-bond acceptors (Lipinski definition) is 3. The van der Waals surface area contributed by atoms with Crippen molar-refractivity contribution in [1.82, 2.24) is 10.3 Å². The van der Waals surface area contributed by atoms with E-state index < -0.39 is 0 Å². The summed E-state index contributed by atoms with van der Waals surface area (Å²) in [6.07, 6.45) is 3.60. The lowest BCUT2D eigenvalue weighted by Crippen LogP contribution is -2.29. The van der Waals surface area contributed by atoms with E-state index in [1.54, 1.807) is 12.3 Å². The largest absolute Gasteiger partial charge is 0.334 e. The third-order valence-corrected chi connectivity index (χ3v) is 2.39. The first-order chi connectivity index (χ1) is 7.61. The minimum atomic E-state index is -0.235. The predicted octanol–water partition coefficient (Wildman–Crippen LogP) is 2.50. The van der Waals surface area contributed by atoms with Crippen LogP contribution < -0.4 is 10.6 Å². The van der Waals surface area contributed by atoms with Crippen LogP contribution >= 0.6 is 11.8 Å². The maximum Gasteiger partial charge on any atom is 0.319 e. The molecule has 2 N–H and O–H groups in total. The summed E-state index contributed by atoms with van der Waals surface area (Å²) in [4.78, 5) is 15.5. The van der Waals surface area contributed by atoms with Gasteiger partial charge in [0.25, 0.3) is 0 Å². The smallest absolute Gasteiger partial charge is 0.319 e. The molecule has 0 aliphatic carbocycles. The Labute approximate surface area is 99.5 Å². The highest BCUT2D eigenvalue weighted by molar-refractivity contribution is 7.98. The summed E-state index contributed by atoms with van der Waals surface area (Å²) in [6, 6.07) is 3.34. The van der Waals surface area contributed by atoms with Crippen LogP contribution in [0.5, 0.6) is 0 Å². The molecule has 0 unspecified atom stereocenters. The Hall–Kier alpha value is -1.49. The maximum atomic E-state index is 11.4. The second kappa shape index (κ2) is 6.17. The van der Waals surface area contributed by atoms with Crippen molar-refractivity contribution in [1.29, 1.82) is 0 Å². The highest BCUT2D eigenvalue weighted by Crippen LogP contribution is 2.15. The Morgan fingerprint density at radius 2 is 2.38 bits per heavy atom. The topological polar surface area (TPSA) is 54.0 Å². The second-order valence-corrected chi connectivity index (χ2v) is 4.18. The molecule has 16 heavy (non-hydrogen) atoms. The fourth-order valence-corrected chi connectivity index (χ4v) is 1.42. The SMILES string of the molecule is C=C(C)CNC(=O)Nc1ccnc(SC)c1. The molecule has 1 rings (SSSR count). The molecule has 0 bridgehead atoms. The van der Waals surface area contributed by atoms with Gasteiger partial charge in [0.15, 0.2) is 0 Å². The zero-order chi connectivity index (χ0) is 12.0. The van der Waals surface area contributed by atoms with Gasteiger partial charge in [0, 0.05) is 18.4 Å². The first-order valence-corrected chi connectivity index (χ1v) is 6.03. The van der Waals surface area contributed by atoms with E-state index in [9.17, 15) is 4.79 Å². The van der Waals surface area contributed by atoms with Gasteiger partial charge in [-0.05, 0) is 25.3 Å². The molecule has 86 valence electrons. The molecule has 4 nitrogen and oxygen atoms in total. The molecule has 0 radical (unpaired) electrons. The van der Waals surface area contributed by atoms with E-state index in [0.717, 1.165) is 16.3 Å². The predicted molar refractivity (Wildman–Crippen MR) is 67.9 cm³/mol. The van der Waals surface area contributed by atoms with Crippen LogP contribution in [0.15, 0.2) is 35.5 Å². The number of nitrogens with one attached hydrogen (secondary N) is 2. The van der Waals surface area contributed by atoms with Crippen molar-refractivity contribution in [3.8, 4) is 0 Å². The van der Waals surface area contributed by atoms with Gasteiger partial charge in [0.1, 0.15) is 0 Å². The van der Waals surface area contributed by atoms with E-state index in [-0.39, 0.29) is 6.03 Å². The number of pyridine rings is 1. The van der Waals surface area contributed by atoms with Crippen LogP contribution in [0.4, 0.5) is 10.5 Å². The molecular weight excluding hydrogens is 222 g/mol. The van der Waals surface area contributed by atoms with Gasteiger partial charge in [-0.1, -0.05) is 12.2 Å². The molecule has 0 saturated heterocycles. The van der Waals surface area contributed by atoms with Crippen molar-refractivity contribution in [3.63, 3.8) is 0 Å². The Balaban J connectivity index is 2.52. The summed E-state index contributed by atoms with van der Waals surface area (Å²) < 4.78 is 0. The van der Waals surface area contributed by atoms with Gasteiger partial charge in [-0.2, -0.15) is 0 Å². The highest BCUT2D eigenvalue weighted by atomic mass is 32.2. The third-order valence-electron chi connectivity index (χ3n) is 1.75. The van der Waals surface area contributed by atoms with Crippen LogP contribution in [-0.4, -0.2) is 23.8 Å². The first-order valence-electron chi connectivity index (χ1n) is 4.81. The normalized spacial score (nSPS) is 9.62. The third kappa shape index (κ3) is 4.35. The number of rotatable bonds is 4. The van der Waals surface area contributed by atoms with E-state index in [0.29, 0.717) is 6.54 Å². The van der Waals surface area contributed by atoms with Gasteiger partial charge in [-0.15, -0.1) is 11.8 Å². The lowest BCUT2D eigenvalue weighted by atomic mass is 10.3. The van der Waals surface area contributed by atoms with Crippen LogP contribution in [0.1, 0.15) is 6.92 Å². The summed E-state index contributed by atoms with van der Waals surface area (Å²) in [7, 11) is 0. The summed E-state index contributed by atoms with van der Waals surface area (Å²) in [5, 5.41) is 6.29. The fourth-order valence-electron chi connectivity index (χ4n) is 1.01. The monoisotopic (exact) mass is 237 g/mol. The average molecular weight is 237 g/mol. The Morgan fingerprint density at radius 3 is 3.00 bits per heavy atom. The quantitative estimate of drug-likeness (QED) is 0.625. The number of nitrogens with zero attached hydrogens (tertiary/aromatic N) is 1. The van der Waals surface area contributed by atoms with Crippen molar-refractivity contribution in [3.05, 3.63) is 30.5 Å². The number of urea groups is 1. The molecule has 1 heterocycles. The lowest BCUT2D eigenvalue weighted by Gasteiger charge is -2.07. The fraction of sp³-hybridized carbons (Fsp3) is 0.273. The van der Waals surface area contributed by atoms with Crippen molar-refractivity contribution >= 4 is 23.5 Å². The minimum Gasteiger partial charge on any atom is -0.334 e. The van der Waals surface area contributed by atoms with E-state index in [1.807, 2.05) is 19.2 Å². The standard InChI is InChI=1S/C11H15N3OS/c1-8(2)7-13-11(15)14-9-4-5-12-10(6-9)16-3/h4-6H,1,7H2,2-3H3,(H2,12,13,14,15). The van der Waals surface area contributed by atoms with Crippen molar-refractivity contribution in [2.24, 2.45) is 0 Å². The number of hydrogen-bond donors (Lipinski definition) is 2. The Morgan fingerprint density at radius 1 is 1.62 bits per heavy atom. The van der Waals surface area contributed by atoms with E-state index in [4.69, 9.17) is 0 Å².